The standard InChI is InChI=1S/C17H23ClN2O2/c1-4-7-19-8-10-20(11-9-19)17(21)14(3)22-16-6-5-15(18)12-13(16)2/h4-6,12,14H,1,7-11H2,2-3H3. The lowest BCUT2D eigenvalue weighted by atomic mass is 10.2. The van der Waals surface area contributed by atoms with Crippen molar-refractivity contribution in [2.75, 3.05) is 32.7 Å². The molecule has 2 rings (SSSR count). The second kappa shape index (κ2) is 7.65. The van der Waals surface area contributed by atoms with Crippen molar-refractivity contribution in [3.8, 4) is 5.75 Å². The normalized spacial score (nSPS) is 17.1. The fraction of sp³-hybridized carbons (Fsp3) is 0.471. The van der Waals surface area contributed by atoms with Gasteiger partial charge < -0.3 is 9.64 Å². The summed E-state index contributed by atoms with van der Waals surface area (Å²) in [5, 5.41) is 0.669. The Morgan fingerprint density at radius 3 is 2.68 bits per heavy atom. The van der Waals surface area contributed by atoms with Gasteiger partial charge in [-0.25, -0.2) is 0 Å². The molecule has 0 saturated carbocycles. The van der Waals surface area contributed by atoms with Crippen LogP contribution in [0.4, 0.5) is 0 Å². The van der Waals surface area contributed by atoms with Crippen LogP contribution >= 0.6 is 11.6 Å². The average Bonchev–Trinajstić information content (AvgIpc) is 2.50. The number of amides is 1. The van der Waals surface area contributed by atoms with Crippen molar-refractivity contribution in [3.63, 3.8) is 0 Å². The number of benzene rings is 1. The fourth-order valence-corrected chi connectivity index (χ4v) is 2.80. The highest BCUT2D eigenvalue weighted by Crippen LogP contribution is 2.23. The highest BCUT2D eigenvalue weighted by atomic mass is 35.5. The Hall–Kier alpha value is -1.52. The van der Waals surface area contributed by atoms with Gasteiger partial charge in [-0.3, -0.25) is 9.69 Å². The first-order chi connectivity index (χ1) is 10.5. The van der Waals surface area contributed by atoms with Crippen LogP contribution in [0.1, 0.15) is 12.5 Å². The Morgan fingerprint density at radius 2 is 2.09 bits per heavy atom. The Bertz CT molecular complexity index is 539. The van der Waals surface area contributed by atoms with Crippen LogP contribution in [-0.4, -0.2) is 54.5 Å². The first-order valence-electron chi connectivity index (χ1n) is 7.56. The summed E-state index contributed by atoms with van der Waals surface area (Å²) in [6.45, 7) is 11.6. The summed E-state index contributed by atoms with van der Waals surface area (Å²) in [4.78, 5) is 16.6. The van der Waals surface area contributed by atoms with Gasteiger partial charge in [0.2, 0.25) is 0 Å². The van der Waals surface area contributed by atoms with E-state index in [0.29, 0.717) is 10.8 Å². The van der Waals surface area contributed by atoms with Crippen molar-refractivity contribution >= 4 is 17.5 Å². The molecule has 0 spiro atoms. The Morgan fingerprint density at radius 1 is 1.41 bits per heavy atom. The highest BCUT2D eigenvalue weighted by molar-refractivity contribution is 6.30. The zero-order valence-corrected chi connectivity index (χ0v) is 14.0. The Labute approximate surface area is 137 Å². The monoisotopic (exact) mass is 322 g/mol. The lowest BCUT2D eigenvalue weighted by Gasteiger charge is -2.35. The second-order valence-corrected chi connectivity index (χ2v) is 6.02. The molecule has 120 valence electrons. The molecule has 1 unspecified atom stereocenters. The predicted octanol–water partition coefficient (Wildman–Crippen LogP) is 2.75. The third kappa shape index (κ3) is 4.24. The molecular weight excluding hydrogens is 300 g/mol. The topological polar surface area (TPSA) is 32.8 Å². The van der Waals surface area contributed by atoms with Gasteiger partial charge in [0.15, 0.2) is 6.10 Å². The molecule has 1 heterocycles. The van der Waals surface area contributed by atoms with Crippen molar-refractivity contribution in [2.24, 2.45) is 0 Å². The number of piperazine rings is 1. The number of hydrogen-bond donors (Lipinski definition) is 0. The SMILES string of the molecule is C=CCN1CCN(C(=O)C(C)Oc2ccc(Cl)cc2C)CC1. The summed E-state index contributed by atoms with van der Waals surface area (Å²) < 4.78 is 5.81. The quantitative estimate of drug-likeness (QED) is 0.781. The van der Waals surface area contributed by atoms with Crippen molar-refractivity contribution in [1.29, 1.82) is 0 Å². The van der Waals surface area contributed by atoms with Crippen LogP contribution in [0.2, 0.25) is 5.02 Å². The van der Waals surface area contributed by atoms with Crippen molar-refractivity contribution in [2.45, 2.75) is 20.0 Å². The minimum absolute atomic E-state index is 0.0348. The van der Waals surface area contributed by atoms with Gasteiger partial charge in [-0.05, 0) is 37.6 Å². The first-order valence-corrected chi connectivity index (χ1v) is 7.94. The molecule has 1 atom stereocenters. The molecule has 0 radical (unpaired) electrons. The van der Waals surface area contributed by atoms with E-state index in [9.17, 15) is 4.79 Å². The number of nitrogens with zero attached hydrogens (tertiary/aromatic N) is 2. The zero-order valence-electron chi connectivity index (χ0n) is 13.2. The summed E-state index contributed by atoms with van der Waals surface area (Å²) in [5.41, 5.74) is 0.933. The Kier molecular flexibility index (Phi) is 5.86. The van der Waals surface area contributed by atoms with Gasteiger partial charge in [-0.1, -0.05) is 17.7 Å². The third-order valence-electron chi connectivity index (χ3n) is 3.86. The molecule has 1 fully saturated rings. The molecular formula is C17H23ClN2O2. The minimum atomic E-state index is -0.495. The number of carbonyl (C=O) groups excluding carboxylic acids is 1. The lowest BCUT2D eigenvalue weighted by Crippen LogP contribution is -2.51. The predicted molar refractivity (Wildman–Crippen MR) is 89.5 cm³/mol. The van der Waals surface area contributed by atoms with E-state index in [-0.39, 0.29) is 5.91 Å². The number of rotatable bonds is 5. The van der Waals surface area contributed by atoms with Crippen LogP contribution in [0, 0.1) is 6.92 Å². The molecule has 0 N–H and O–H groups in total. The van der Waals surface area contributed by atoms with E-state index in [0.717, 1.165) is 38.3 Å². The van der Waals surface area contributed by atoms with Gasteiger partial charge in [0.25, 0.3) is 5.91 Å². The van der Waals surface area contributed by atoms with Gasteiger partial charge >= 0.3 is 0 Å². The maximum absolute atomic E-state index is 12.5. The molecule has 1 aliphatic heterocycles. The van der Waals surface area contributed by atoms with Crippen molar-refractivity contribution < 1.29 is 9.53 Å². The van der Waals surface area contributed by atoms with Crippen LogP contribution in [0.3, 0.4) is 0 Å². The summed E-state index contributed by atoms with van der Waals surface area (Å²) >= 11 is 5.93. The minimum Gasteiger partial charge on any atom is -0.481 e. The smallest absolute Gasteiger partial charge is 0.263 e. The van der Waals surface area contributed by atoms with Gasteiger partial charge in [-0.15, -0.1) is 6.58 Å². The number of carbonyl (C=O) groups is 1. The molecule has 1 aliphatic rings. The van der Waals surface area contributed by atoms with E-state index in [1.165, 1.54) is 0 Å². The third-order valence-corrected chi connectivity index (χ3v) is 4.09. The van der Waals surface area contributed by atoms with Crippen LogP contribution in [0.5, 0.6) is 5.75 Å². The zero-order chi connectivity index (χ0) is 16.1. The second-order valence-electron chi connectivity index (χ2n) is 5.58. The Balaban J connectivity index is 1.91. The molecule has 0 aromatic heterocycles. The molecule has 0 bridgehead atoms. The van der Waals surface area contributed by atoms with Crippen LogP contribution in [0.25, 0.3) is 0 Å². The molecule has 1 aromatic rings. The van der Waals surface area contributed by atoms with Crippen molar-refractivity contribution in [3.05, 3.63) is 41.4 Å². The molecule has 0 aliphatic carbocycles. The molecule has 1 amide bonds. The summed E-state index contributed by atoms with van der Waals surface area (Å²) in [5.74, 6) is 0.739. The van der Waals surface area contributed by atoms with E-state index in [2.05, 4.69) is 11.5 Å². The number of halogens is 1. The maximum atomic E-state index is 12.5. The van der Waals surface area contributed by atoms with E-state index in [1.54, 1.807) is 13.0 Å². The largest absolute Gasteiger partial charge is 0.481 e. The number of ether oxygens (including phenoxy) is 1. The van der Waals surface area contributed by atoms with E-state index in [1.807, 2.05) is 30.0 Å². The van der Waals surface area contributed by atoms with Crippen molar-refractivity contribution in [1.82, 2.24) is 9.80 Å². The highest BCUT2D eigenvalue weighted by Gasteiger charge is 2.25. The lowest BCUT2D eigenvalue weighted by molar-refractivity contribution is -0.139. The number of hydrogen-bond acceptors (Lipinski definition) is 3. The van der Waals surface area contributed by atoms with Gasteiger partial charge in [0.1, 0.15) is 5.75 Å². The summed E-state index contributed by atoms with van der Waals surface area (Å²) in [7, 11) is 0. The summed E-state index contributed by atoms with van der Waals surface area (Å²) in [6.07, 6.45) is 1.40. The van der Waals surface area contributed by atoms with Crippen LogP contribution < -0.4 is 4.74 Å². The van der Waals surface area contributed by atoms with E-state index >= 15 is 0 Å². The fourth-order valence-electron chi connectivity index (χ4n) is 2.58. The molecule has 22 heavy (non-hydrogen) atoms. The first kappa shape index (κ1) is 16.8. The van der Waals surface area contributed by atoms with Crippen LogP contribution in [-0.2, 0) is 4.79 Å². The molecule has 4 nitrogen and oxygen atoms in total. The van der Waals surface area contributed by atoms with Gasteiger partial charge in [-0.2, -0.15) is 0 Å². The van der Waals surface area contributed by atoms with E-state index < -0.39 is 6.10 Å². The molecule has 1 saturated heterocycles. The number of aryl methyl sites for hydroxylation is 1. The molecule has 5 heteroatoms. The molecule has 1 aromatic carbocycles. The summed E-state index contributed by atoms with van der Waals surface area (Å²) in [6, 6.07) is 5.42. The van der Waals surface area contributed by atoms with E-state index in [4.69, 9.17) is 16.3 Å². The van der Waals surface area contributed by atoms with Gasteiger partial charge in [0, 0.05) is 37.7 Å². The van der Waals surface area contributed by atoms with Gasteiger partial charge in [0.05, 0.1) is 0 Å². The van der Waals surface area contributed by atoms with Crippen LogP contribution in [0.15, 0.2) is 30.9 Å². The maximum Gasteiger partial charge on any atom is 0.263 e. The average molecular weight is 323 g/mol.